The second-order valence-electron chi connectivity index (χ2n) is 11.3. The summed E-state index contributed by atoms with van der Waals surface area (Å²) in [6.07, 6.45) is 8.28. The number of carbonyl (C=O) groups is 2. The van der Waals surface area contributed by atoms with E-state index in [2.05, 4.69) is 5.32 Å². The maximum atomic E-state index is 13.3. The molecule has 2 aliphatic heterocycles. The smallest absolute Gasteiger partial charge is 0.317 e. The second-order valence-corrected chi connectivity index (χ2v) is 11.3. The van der Waals surface area contributed by atoms with E-state index in [9.17, 15) is 14.7 Å². The molecule has 0 aromatic rings. The van der Waals surface area contributed by atoms with Gasteiger partial charge in [0.05, 0.1) is 19.3 Å². The van der Waals surface area contributed by atoms with Crippen LogP contribution in [-0.4, -0.2) is 92.1 Å². The maximum Gasteiger partial charge on any atom is 0.317 e. The molecule has 196 valence electrons. The fourth-order valence-electron chi connectivity index (χ4n) is 5.58. The number of ether oxygens (including phenoxy) is 2. The lowest BCUT2D eigenvalue weighted by Crippen LogP contribution is -2.51. The largest absolute Gasteiger partial charge is 0.391 e. The van der Waals surface area contributed by atoms with Gasteiger partial charge in [0.25, 0.3) is 0 Å². The molecule has 2 heterocycles. The highest BCUT2D eigenvalue weighted by atomic mass is 16.5. The van der Waals surface area contributed by atoms with Gasteiger partial charge in [-0.3, -0.25) is 4.79 Å². The standard InChI is InChI=1S/C26H47N3O5/c1-26(2)19-34-14-7-8-21-17-29(25(32)27-22-9-5-4-6-10-22)12-11-20(21)16-24(31)28(13-15-33-3)18-23(26)30/h20-23,30H,4-19H2,1-3H3,(H,27,32)/t20-,21-,23-/m0/s1. The number of β-amino-alcohol motifs (C(OH)–C–C–N with tert-alkyl or cyclic N) is 1. The van der Waals surface area contributed by atoms with Crippen molar-refractivity contribution in [3.63, 3.8) is 0 Å². The zero-order chi connectivity index (χ0) is 24.6. The molecule has 2 saturated heterocycles. The Balaban J connectivity index is 1.66. The topological polar surface area (TPSA) is 91.3 Å². The quantitative estimate of drug-likeness (QED) is 0.644. The first kappa shape index (κ1) is 27.2. The predicted octanol–water partition coefficient (Wildman–Crippen LogP) is 3.03. The average molecular weight is 482 g/mol. The average Bonchev–Trinajstić information content (AvgIpc) is 2.82. The summed E-state index contributed by atoms with van der Waals surface area (Å²) in [7, 11) is 1.63. The first-order valence-electron chi connectivity index (χ1n) is 13.4. The highest BCUT2D eigenvalue weighted by molar-refractivity contribution is 5.77. The van der Waals surface area contributed by atoms with Crippen LogP contribution in [0.4, 0.5) is 4.79 Å². The van der Waals surface area contributed by atoms with Crippen LogP contribution in [0.5, 0.6) is 0 Å². The van der Waals surface area contributed by atoms with Crippen molar-refractivity contribution in [2.24, 2.45) is 17.3 Å². The molecule has 3 atom stereocenters. The Labute approximate surface area is 205 Å². The van der Waals surface area contributed by atoms with Crippen molar-refractivity contribution in [1.82, 2.24) is 15.1 Å². The van der Waals surface area contributed by atoms with E-state index in [0.29, 0.717) is 51.9 Å². The van der Waals surface area contributed by atoms with E-state index in [-0.39, 0.29) is 30.3 Å². The number of methoxy groups -OCH3 is 1. The fourth-order valence-corrected chi connectivity index (χ4v) is 5.58. The van der Waals surface area contributed by atoms with Crippen LogP contribution in [-0.2, 0) is 14.3 Å². The van der Waals surface area contributed by atoms with E-state index in [4.69, 9.17) is 9.47 Å². The van der Waals surface area contributed by atoms with Gasteiger partial charge in [-0.25, -0.2) is 4.79 Å². The highest BCUT2D eigenvalue weighted by Crippen LogP contribution is 2.32. The van der Waals surface area contributed by atoms with Gasteiger partial charge in [-0.1, -0.05) is 33.1 Å². The van der Waals surface area contributed by atoms with Gasteiger partial charge in [0.2, 0.25) is 5.91 Å². The number of carbonyl (C=O) groups excluding carboxylic acids is 2. The first-order chi connectivity index (χ1) is 16.3. The first-order valence-corrected chi connectivity index (χ1v) is 13.4. The third-order valence-electron chi connectivity index (χ3n) is 8.10. The second kappa shape index (κ2) is 13.1. The van der Waals surface area contributed by atoms with Crippen LogP contribution in [0.25, 0.3) is 0 Å². The lowest BCUT2D eigenvalue weighted by Gasteiger charge is -2.40. The molecule has 3 rings (SSSR count). The minimum Gasteiger partial charge on any atom is -0.391 e. The molecule has 1 aliphatic carbocycles. The number of hydrogen-bond acceptors (Lipinski definition) is 5. The van der Waals surface area contributed by atoms with Gasteiger partial charge >= 0.3 is 6.03 Å². The molecular formula is C26H47N3O5. The molecule has 0 spiro atoms. The van der Waals surface area contributed by atoms with Gasteiger partial charge in [-0.2, -0.15) is 0 Å². The fraction of sp³-hybridized carbons (Fsp3) is 0.923. The van der Waals surface area contributed by atoms with E-state index < -0.39 is 11.5 Å². The van der Waals surface area contributed by atoms with Crippen LogP contribution in [0, 0.1) is 17.3 Å². The maximum absolute atomic E-state index is 13.3. The molecule has 3 amide bonds. The summed E-state index contributed by atoms with van der Waals surface area (Å²) in [5, 5.41) is 14.1. The number of aliphatic hydroxyl groups excluding tert-OH is 1. The Kier molecular flexibility index (Phi) is 10.5. The van der Waals surface area contributed by atoms with Crippen LogP contribution < -0.4 is 5.32 Å². The number of likely N-dealkylation sites (tertiary alicyclic amines) is 1. The molecular weight excluding hydrogens is 434 g/mol. The van der Waals surface area contributed by atoms with Crippen molar-refractivity contribution >= 4 is 11.9 Å². The van der Waals surface area contributed by atoms with Crippen LogP contribution in [0.1, 0.15) is 71.6 Å². The van der Waals surface area contributed by atoms with Gasteiger partial charge in [0, 0.05) is 57.8 Å². The summed E-state index contributed by atoms with van der Waals surface area (Å²) in [5.41, 5.74) is -0.444. The number of rotatable bonds is 4. The van der Waals surface area contributed by atoms with E-state index in [1.54, 1.807) is 12.0 Å². The minimum atomic E-state index is -0.671. The number of aliphatic hydroxyl groups is 1. The zero-order valence-electron chi connectivity index (χ0n) is 21.6. The molecule has 34 heavy (non-hydrogen) atoms. The SMILES string of the molecule is COCCN1C[C@H](O)C(C)(C)COCCC[C@H]2CN(C(=O)NC3CCCCC3)CC[C@H]2CC1=O. The Morgan fingerprint density at radius 2 is 1.88 bits per heavy atom. The number of urea groups is 1. The lowest BCUT2D eigenvalue weighted by atomic mass is 9.80. The molecule has 0 aromatic carbocycles. The van der Waals surface area contributed by atoms with Crippen LogP contribution in [0.15, 0.2) is 0 Å². The van der Waals surface area contributed by atoms with Crippen LogP contribution in [0.3, 0.4) is 0 Å². The molecule has 3 fully saturated rings. The van der Waals surface area contributed by atoms with Crippen molar-refractivity contribution in [2.75, 3.05) is 53.1 Å². The molecule has 3 aliphatic rings. The van der Waals surface area contributed by atoms with E-state index in [1.807, 2.05) is 18.7 Å². The number of hydrogen-bond donors (Lipinski definition) is 2. The minimum absolute atomic E-state index is 0.0578. The molecule has 0 unspecified atom stereocenters. The molecule has 2 N–H and O–H groups in total. The summed E-state index contributed by atoms with van der Waals surface area (Å²) in [6, 6.07) is 0.362. The van der Waals surface area contributed by atoms with Crippen molar-refractivity contribution in [2.45, 2.75) is 83.8 Å². The van der Waals surface area contributed by atoms with Gasteiger partial charge in [0.1, 0.15) is 0 Å². The van der Waals surface area contributed by atoms with Gasteiger partial charge < -0.3 is 29.7 Å². The predicted molar refractivity (Wildman–Crippen MR) is 131 cm³/mol. The van der Waals surface area contributed by atoms with Crippen molar-refractivity contribution < 1.29 is 24.2 Å². The van der Waals surface area contributed by atoms with Crippen LogP contribution >= 0.6 is 0 Å². The van der Waals surface area contributed by atoms with Crippen molar-refractivity contribution in [3.8, 4) is 0 Å². The monoisotopic (exact) mass is 481 g/mol. The van der Waals surface area contributed by atoms with E-state index >= 15 is 0 Å². The number of nitrogens with one attached hydrogen (secondary N) is 1. The zero-order valence-corrected chi connectivity index (χ0v) is 21.6. The van der Waals surface area contributed by atoms with E-state index in [0.717, 1.165) is 32.1 Å². The third-order valence-corrected chi connectivity index (χ3v) is 8.10. The molecule has 0 radical (unpaired) electrons. The summed E-state index contributed by atoms with van der Waals surface area (Å²) in [6.45, 7) is 7.64. The lowest BCUT2D eigenvalue weighted by molar-refractivity contribution is -0.137. The van der Waals surface area contributed by atoms with Gasteiger partial charge in [-0.15, -0.1) is 0 Å². The van der Waals surface area contributed by atoms with Crippen molar-refractivity contribution in [1.29, 1.82) is 0 Å². The van der Waals surface area contributed by atoms with E-state index in [1.165, 1.54) is 19.3 Å². The number of amides is 3. The summed E-state index contributed by atoms with van der Waals surface area (Å²) < 4.78 is 11.2. The van der Waals surface area contributed by atoms with Gasteiger partial charge in [-0.05, 0) is 43.9 Å². The summed E-state index contributed by atoms with van der Waals surface area (Å²) >= 11 is 0. The number of piperidine rings is 1. The molecule has 0 aromatic heterocycles. The van der Waals surface area contributed by atoms with Gasteiger partial charge in [0.15, 0.2) is 0 Å². The normalized spacial score (nSPS) is 30.0. The molecule has 0 bridgehead atoms. The Bertz CT molecular complexity index is 652. The highest BCUT2D eigenvalue weighted by Gasteiger charge is 2.36. The molecule has 8 heteroatoms. The third kappa shape index (κ3) is 7.82. The van der Waals surface area contributed by atoms with Crippen LogP contribution in [0.2, 0.25) is 0 Å². The Morgan fingerprint density at radius 3 is 2.62 bits per heavy atom. The summed E-state index contributed by atoms with van der Waals surface area (Å²) in [5.74, 6) is 0.589. The Hall–Kier alpha value is -1.38. The molecule has 1 saturated carbocycles. The molecule has 8 nitrogen and oxygen atoms in total. The van der Waals surface area contributed by atoms with Crippen molar-refractivity contribution in [3.05, 3.63) is 0 Å². The number of fused-ring (bicyclic) bond motifs is 1. The number of nitrogens with zero attached hydrogens (tertiary/aromatic N) is 2. The Morgan fingerprint density at radius 1 is 1.12 bits per heavy atom. The summed E-state index contributed by atoms with van der Waals surface area (Å²) in [4.78, 5) is 30.0.